The van der Waals surface area contributed by atoms with E-state index in [4.69, 9.17) is 16.3 Å². The molecule has 172 valence electrons. The van der Waals surface area contributed by atoms with E-state index >= 15 is 0 Å². The van der Waals surface area contributed by atoms with Crippen molar-refractivity contribution in [1.82, 2.24) is 30.4 Å². The van der Waals surface area contributed by atoms with Crippen LogP contribution in [-0.2, 0) is 11.3 Å². The Kier molecular flexibility index (Phi) is 7.23. The highest BCUT2D eigenvalue weighted by Gasteiger charge is 2.16. The van der Waals surface area contributed by atoms with Crippen molar-refractivity contribution in [2.24, 2.45) is 0 Å². The van der Waals surface area contributed by atoms with Gasteiger partial charge in [-0.05, 0) is 42.8 Å². The maximum Gasteiger partial charge on any atom is 0.323 e. The number of aromatic nitrogens is 4. The van der Waals surface area contributed by atoms with Crippen LogP contribution in [0, 0.1) is 0 Å². The third-order valence-corrected chi connectivity index (χ3v) is 5.28. The van der Waals surface area contributed by atoms with Crippen LogP contribution < -0.4 is 10.6 Å². The SMILES string of the molecule is C=C/C(=C\C=C(/C)Cl)NC(=O)Nc1cn[nH]c1-c1nc2ccc(CN3CCOCC3)cc2[nH]1. The van der Waals surface area contributed by atoms with E-state index in [1.165, 1.54) is 17.8 Å². The Morgan fingerprint density at radius 1 is 1.33 bits per heavy atom. The van der Waals surface area contributed by atoms with Crippen molar-refractivity contribution >= 4 is 34.4 Å². The number of ether oxygens (including phenoxy) is 1. The predicted octanol–water partition coefficient (Wildman–Crippen LogP) is 4.12. The summed E-state index contributed by atoms with van der Waals surface area (Å²) in [7, 11) is 0. The van der Waals surface area contributed by atoms with E-state index in [2.05, 4.69) is 54.4 Å². The van der Waals surface area contributed by atoms with Crippen LogP contribution in [0.25, 0.3) is 22.6 Å². The number of hydrogen-bond acceptors (Lipinski definition) is 5. The summed E-state index contributed by atoms with van der Waals surface area (Å²) in [4.78, 5) is 22.8. The van der Waals surface area contributed by atoms with Crippen LogP contribution in [0.1, 0.15) is 12.5 Å². The number of nitrogens with one attached hydrogen (secondary N) is 4. The van der Waals surface area contributed by atoms with E-state index < -0.39 is 6.03 Å². The average molecular weight is 468 g/mol. The van der Waals surface area contributed by atoms with Gasteiger partial charge in [0.2, 0.25) is 0 Å². The molecule has 10 heteroatoms. The van der Waals surface area contributed by atoms with Gasteiger partial charge in [-0.25, -0.2) is 9.78 Å². The van der Waals surface area contributed by atoms with Gasteiger partial charge in [0, 0.05) is 30.4 Å². The lowest BCUT2D eigenvalue weighted by atomic mass is 10.2. The highest BCUT2D eigenvalue weighted by Crippen LogP contribution is 2.26. The van der Waals surface area contributed by atoms with Gasteiger partial charge in [-0.3, -0.25) is 10.00 Å². The fraction of sp³-hybridized carbons (Fsp3) is 0.261. The molecule has 0 atom stereocenters. The number of fused-ring (bicyclic) bond motifs is 1. The molecule has 1 aliphatic rings. The molecule has 0 bridgehead atoms. The number of halogens is 1. The molecule has 0 saturated carbocycles. The Morgan fingerprint density at radius 2 is 2.15 bits per heavy atom. The van der Waals surface area contributed by atoms with Gasteiger partial charge in [0.1, 0.15) is 5.69 Å². The Bertz CT molecular complexity index is 1200. The second-order valence-corrected chi connectivity index (χ2v) is 8.24. The number of allylic oxidation sites excluding steroid dienone is 4. The highest BCUT2D eigenvalue weighted by atomic mass is 35.5. The molecule has 1 saturated heterocycles. The fourth-order valence-corrected chi connectivity index (χ4v) is 3.57. The molecular formula is C23H26ClN7O2. The minimum Gasteiger partial charge on any atom is -0.379 e. The molecule has 1 aromatic carbocycles. The molecule has 1 aliphatic heterocycles. The van der Waals surface area contributed by atoms with Gasteiger partial charge in [0.15, 0.2) is 5.82 Å². The van der Waals surface area contributed by atoms with Crippen molar-refractivity contribution in [2.45, 2.75) is 13.5 Å². The summed E-state index contributed by atoms with van der Waals surface area (Å²) in [5.41, 5.74) is 4.53. The highest BCUT2D eigenvalue weighted by molar-refractivity contribution is 6.29. The lowest BCUT2D eigenvalue weighted by molar-refractivity contribution is 0.0342. The normalized spacial score (nSPS) is 15.6. The van der Waals surface area contributed by atoms with Crippen molar-refractivity contribution in [3.63, 3.8) is 0 Å². The Morgan fingerprint density at radius 3 is 2.91 bits per heavy atom. The zero-order valence-corrected chi connectivity index (χ0v) is 19.1. The summed E-state index contributed by atoms with van der Waals surface area (Å²) < 4.78 is 5.42. The van der Waals surface area contributed by atoms with E-state index in [9.17, 15) is 4.79 Å². The maximum absolute atomic E-state index is 12.5. The standard InChI is InChI=1S/C23H26ClN7O2/c1-3-17(6-4-15(2)24)26-23(32)29-20-13-25-30-21(20)22-27-18-7-5-16(12-19(18)28-22)14-31-8-10-33-11-9-31/h3-7,12-13H,1,8-11,14H2,2H3,(H,25,30)(H,27,28)(H2,26,29,32)/b15-4+,17-6+. The first-order valence-electron chi connectivity index (χ1n) is 10.6. The van der Waals surface area contributed by atoms with Crippen molar-refractivity contribution in [3.8, 4) is 11.5 Å². The molecule has 0 spiro atoms. The number of morpholine rings is 1. The average Bonchev–Trinajstić information content (AvgIpc) is 3.43. The maximum atomic E-state index is 12.5. The van der Waals surface area contributed by atoms with Crippen LogP contribution in [0.15, 0.2) is 59.9 Å². The van der Waals surface area contributed by atoms with Gasteiger partial charge in [0.25, 0.3) is 0 Å². The predicted molar refractivity (Wildman–Crippen MR) is 130 cm³/mol. The Balaban J connectivity index is 1.48. The van der Waals surface area contributed by atoms with E-state index in [-0.39, 0.29) is 0 Å². The second kappa shape index (κ2) is 10.5. The van der Waals surface area contributed by atoms with Crippen molar-refractivity contribution in [1.29, 1.82) is 0 Å². The topological polar surface area (TPSA) is 111 Å². The molecule has 0 radical (unpaired) electrons. The third-order valence-electron chi connectivity index (χ3n) is 5.15. The van der Waals surface area contributed by atoms with Gasteiger partial charge in [0.05, 0.1) is 36.1 Å². The first kappa shape index (κ1) is 22.8. The van der Waals surface area contributed by atoms with Gasteiger partial charge >= 0.3 is 6.03 Å². The Labute approximate surface area is 196 Å². The zero-order chi connectivity index (χ0) is 23.2. The molecule has 3 aromatic rings. The van der Waals surface area contributed by atoms with Crippen LogP contribution in [0.4, 0.5) is 10.5 Å². The first-order chi connectivity index (χ1) is 16.0. The zero-order valence-electron chi connectivity index (χ0n) is 18.3. The molecule has 33 heavy (non-hydrogen) atoms. The van der Waals surface area contributed by atoms with E-state index in [0.29, 0.717) is 27.9 Å². The van der Waals surface area contributed by atoms with Crippen LogP contribution in [0.3, 0.4) is 0 Å². The molecule has 4 rings (SSSR count). The number of hydrogen-bond donors (Lipinski definition) is 4. The van der Waals surface area contributed by atoms with E-state index in [1.807, 2.05) is 6.07 Å². The van der Waals surface area contributed by atoms with Crippen LogP contribution in [0.2, 0.25) is 0 Å². The minimum absolute atomic E-state index is 0.437. The van der Waals surface area contributed by atoms with Gasteiger partial charge in [-0.2, -0.15) is 5.10 Å². The fourth-order valence-electron chi connectivity index (χ4n) is 3.50. The molecular weight excluding hydrogens is 442 g/mol. The number of benzene rings is 1. The minimum atomic E-state index is -0.437. The largest absolute Gasteiger partial charge is 0.379 e. The van der Waals surface area contributed by atoms with E-state index in [0.717, 1.165) is 43.9 Å². The van der Waals surface area contributed by atoms with Crippen LogP contribution in [0.5, 0.6) is 0 Å². The quantitative estimate of drug-likeness (QED) is 0.390. The third kappa shape index (κ3) is 5.89. The number of anilines is 1. The summed E-state index contributed by atoms with van der Waals surface area (Å²) in [5, 5.41) is 13.1. The van der Waals surface area contributed by atoms with Crippen molar-refractivity contribution in [3.05, 3.63) is 65.5 Å². The molecule has 0 aliphatic carbocycles. The van der Waals surface area contributed by atoms with Crippen LogP contribution >= 0.6 is 11.6 Å². The van der Waals surface area contributed by atoms with Gasteiger partial charge < -0.3 is 20.4 Å². The first-order valence-corrected chi connectivity index (χ1v) is 11.0. The van der Waals surface area contributed by atoms with Crippen molar-refractivity contribution in [2.75, 3.05) is 31.6 Å². The smallest absolute Gasteiger partial charge is 0.323 e. The van der Waals surface area contributed by atoms with Gasteiger partial charge in [-0.15, -0.1) is 0 Å². The van der Waals surface area contributed by atoms with E-state index in [1.54, 1.807) is 19.1 Å². The Hall–Kier alpha value is -3.40. The number of imidazole rings is 1. The number of carbonyl (C=O) groups excluding carboxylic acids is 1. The summed E-state index contributed by atoms with van der Waals surface area (Å²) in [5.74, 6) is 0.585. The number of H-pyrrole nitrogens is 2. The number of carbonyl (C=O) groups is 1. The molecule has 2 amide bonds. The lowest BCUT2D eigenvalue weighted by Gasteiger charge is -2.26. The molecule has 4 N–H and O–H groups in total. The number of aromatic amines is 2. The van der Waals surface area contributed by atoms with Crippen LogP contribution in [-0.4, -0.2) is 57.4 Å². The molecule has 3 heterocycles. The molecule has 0 unspecified atom stereocenters. The second-order valence-electron chi connectivity index (χ2n) is 7.64. The lowest BCUT2D eigenvalue weighted by Crippen LogP contribution is -2.35. The number of urea groups is 1. The molecule has 2 aromatic heterocycles. The molecule has 1 fully saturated rings. The van der Waals surface area contributed by atoms with Crippen molar-refractivity contribution < 1.29 is 9.53 Å². The number of rotatable bonds is 7. The summed E-state index contributed by atoms with van der Waals surface area (Å²) in [6, 6.07) is 5.75. The number of nitrogens with zero attached hydrogens (tertiary/aromatic N) is 3. The monoisotopic (exact) mass is 467 g/mol. The summed E-state index contributed by atoms with van der Waals surface area (Å²) in [6.07, 6.45) is 6.40. The summed E-state index contributed by atoms with van der Waals surface area (Å²) in [6.45, 7) is 9.71. The summed E-state index contributed by atoms with van der Waals surface area (Å²) >= 11 is 5.83. The number of amides is 2. The van der Waals surface area contributed by atoms with Gasteiger partial charge in [-0.1, -0.05) is 24.2 Å². The molecule has 9 nitrogen and oxygen atoms in total.